The molecule has 5 rings (SSSR count). The van der Waals surface area contributed by atoms with Crippen LogP contribution < -0.4 is 15.5 Å². The summed E-state index contributed by atoms with van der Waals surface area (Å²) in [6, 6.07) is 17.8. The Balaban J connectivity index is 1.31. The van der Waals surface area contributed by atoms with Gasteiger partial charge in [-0.05, 0) is 80.4 Å². The standard InChI is InChI=1S/C26H25N7O3S/c1-17-14-21-22(30-32(29-21)19-8-4-2-5-9-19)16-20(17)27-26(37)28-25(34)18-10-11-23(24(15-18)33(35)36)31-12-6-3-7-13-31/h2,4-5,8-11,14-16H,3,6-7,12-13H2,1H3,(H2,27,28,34,37). The minimum absolute atomic E-state index is 0.0747. The molecule has 0 bridgehead atoms. The number of nitrogens with one attached hydrogen (secondary N) is 2. The van der Waals surface area contributed by atoms with Crippen molar-refractivity contribution in [3.8, 4) is 5.69 Å². The number of carbonyl (C=O) groups is 1. The highest BCUT2D eigenvalue weighted by atomic mass is 32.1. The van der Waals surface area contributed by atoms with Gasteiger partial charge in [-0.15, -0.1) is 10.2 Å². The van der Waals surface area contributed by atoms with Gasteiger partial charge in [-0.2, -0.15) is 4.80 Å². The maximum absolute atomic E-state index is 12.9. The first kappa shape index (κ1) is 24.3. The third kappa shape index (κ3) is 5.26. The van der Waals surface area contributed by atoms with E-state index in [1.54, 1.807) is 16.9 Å². The Morgan fingerprint density at radius 2 is 1.70 bits per heavy atom. The largest absolute Gasteiger partial charge is 0.366 e. The van der Waals surface area contributed by atoms with Crippen molar-refractivity contribution in [2.24, 2.45) is 0 Å². The van der Waals surface area contributed by atoms with Crippen LogP contribution in [0.4, 0.5) is 17.1 Å². The number of benzene rings is 3. The first-order valence-electron chi connectivity index (χ1n) is 12.0. The maximum Gasteiger partial charge on any atom is 0.293 e. The molecule has 1 saturated heterocycles. The number of nitro benzene ring substituents is 1. The summed E-state index contributed by atoms with van der Waals surface area (Å²) >= 11 is 5.36. The van der Waals surface area contributed by atoms with Gasteiger partial charge in [0.2, 0.25) is 0 Å². The minimum atomic E-state index is -0.528. The predicted octanol–water partition coefficient (Wildman–Crippen LogP) is 4.75. The van der Waals surface area contributed by atoms with Crippen molar-refractivity contribution in [2.45, 2.75) is 26.2 Å². The number of piperidine rings is 1. The van der Waals surface area contributed by atoms with Crippen molar-refractivity contribution in [1.29, 1.82) is 0 Å². The molecule has 10 nitrogen and oxygen atoms in total. The van der Waals surface area contributed by atoms with Gasteiger partial charge in [-0.1, -0.05) is 18.2 Å². The van der Waals surface area contributed by atoms with E-state index >= 15 is 0 Å². The lowest BCUT2D eigenvalue weighted by molar-refractivity contribution is -0.384. The summed E-state index contributed by atoms with van der Waals surface area (Å²) in [6.07, 6.45) is 3.10. The molecule has 4 aromatic rings. The molecule has 2 N–H and O–H groups in total. The zero-order valence-corrected chi connectivity index (χ0v) is 21.0. The lowest BCUT2D eigenvalue weighted by Gasteiger charge is -2.28. The molecule has 1 aliphatic heterocycles. The lowest BCUT2D eigenvalue weighted by Crippen LogP contribution is -2.34. The van der Waals surface area contributed by atoms with E-state index in [9.17, 15) is 14.9 Å². The van der Waals surface area contributed by atoms with Gasteiger partial charge >= 0.3 is 0 Å². The molecule has 0 atom stereocenters. The third-order valence-electron chi connectivity index (χ3n) is 6.32. The topological polar surface area (TPSA) is 118 Å². The van der Waals surface area contributed by atoms with Crippen molar-refractivity contribution in [3.63, 3.8) is 0 Å². The van der Waals surface area contributed by atoms with E-state index in [0.29, 0.717) is 16.9 Å². The van der Waals surface area contributed by atoms with Crippen molar-refractivity contribution in [3.05, 3.63) is 81.9 Å². The van der Waals surface area contributed by atoms with Gasteiger partial charge in [0.25, 0.3) is 11.6 Å². The summed E-state index contributed by atoms with van der Waals surface area (Å²) in [5, 5.41) is 26.5. The fraction of sp³-hybridized carbons (Fsp3) is 0.231. The molecule has 0 unspecified atom stereocenters. The SMILES string of the molecule is Cc1cc2nn(-c3ccccc3)nc2cc1NC(=S)NC(=O)c1ccc(N2CCCCC2)c([N+](=O)[O-])c1. The molecule has 0 saturated carbocycles. The number of hydrogen-bond donors (Lipinski definition) is 2. The van der Waals surface area contributed by atoms with Gasteiger partial charge in [0.15, 0.2) is 5.11 Å². The molecule has 0 aliphatic carbocycles. The molecule has 2 heterocycles. The minimum Gasteiger partial charge on any atom is -0.366 e. The number of nitrogens with zero attached hydrogens (tertiary/aromatic N) is 5. The fourth-order valence-electron chi connectivity index (χ4n) is 4.42. The Morgan fingerprint density at radius 1 is 1.00 bits per heavy atom. The molecular formula is C26H25N7O3S. The van der Waals surface area contributed by atoms with Gasteiger partial charge in [0, 0.05) is 30.4 Å². The van der Waals surface area contributed by atoms with Gasteiger partial charge < -0.3 is 10.2 Å². The predicted molar refractivity (Wildman–Crippen MR) is 146 cm³/mol. The van der Waals surface area contributed by atoms with E-state index in [1.807, 2.05) is 54.3 Å². The van der Waals surface area contributed by atoms with Crippen LogP contribution in [0.3, 0.4) is 0 Å². The molecule has 11 heteroatoms. The molecule has 1 aliphatic rings. The summed E-state index contributed by atoms with van der Waals surface area (Å²) in [4.78, 5) is 27.7. The Kier molecular flexibility index (Phi) is 6.78. The summed E-state index contributed by atoms with van der Waals surface area (Å²) in [5.41, 5.74) is 4.38. The average Bonchev–Trinajstić information content (AvgIpc) is 3.32. The van der Waals surface area contributed by atoms with Gasteiger partial charge in [-0.25, -0.2) is 0 Å². The smallest absolute Gasteiger partial charge is 0.293 e. The second kappa shape index (κ2) is 10.3. The van der Waals surface area contributed by atoms with Crippen molar-refractivity contribution >= 4 is 51.3 Å². The average molecular weight is 516 g/mol. The van der Waals surface area contributed by atoms with E-state index in [1.165, 1.54) is 6.07 Å². The number of nitro groups is 1. The highest BCUT2D eigenvalue weighted by Gasteiger charge is 2.23. The van der Waals surface area contributed by atoms with E-state index in [-0.39, 0.29) is 16.4 Å². The van der Waals surface area contributed by atoms with Crippen LogP contribution in [0.25, 0.3) is 16.7 Å². The van der Waals surface area contributed by atoms with Crippen molar-refractivity contribution in [1.82, 2.24) is 20.3 Å². The number of rotatable bonds is 5. The van der Waals surface area contributed by atoms with Crippen LogP contribution in [0.15, 0.2) is 60.7 Å². The van der Waals surface area contributed by atoms with E-state index in [4.69, 9.17) is 12.2 Å². The van der Waals surface area contributed by atoms with E-state index in [2.05, 4.69) is 20.8 Å². The monoisotopic (exact) mass is 515 g/mol. The number of hydrogen-bond acceptors (Lipinski definition) is 7. The molecule has 0 radical (unpaired) electrons. The number of aryl methyl sites for hydroxylation is 1. The van der Waals surface area contributed by atoms with Crippen LogP contribution in [-0.2, 0) is 0 Å². The number of amides is 1. The van der Waals surface area contributed by atoms with Crippen LogP contribution in [0.5, 0.6) is 0 Å². The number of para-hydroxylation sites is 1. The van der Waals surface area contributed by atoms with Crippen LogP contribution in [-0.4, -0.2) is 44.0 Å². The Hall–Kier alpha value is -4.38. The molecule has 1 amide bonds. The normalized spacial score (nSPS) is 13.4. The lowest BCUT2D eigenvalue weighted by atomic mass is 10.1. The second-order valence-corrected chi connectivity index (χ2v) is 9.31. The van der Waals surface area contributed by atoms with Crippen molar-refractivity contribution in [2.75, 3.05) is 23.3 Å². The zero-order valence-electron chi connectivity index (χ0n) is 20.2. The van der Waals surface area contributed by atoms with E-state index in [0.717, 1.165) is 49.1 Å². The summed E-state index contributed by atoms with van der Waals surface area (Å²) in [5.74, 6) is -0.528. The molecule has 1 fully saturated rings. The van der Waals surface area contributed by atoms with Gasteiger partial charge in [0.05, 0.1) is 10.6 Å². The first-order chi connectivity index (χ1) is 17.9. The van der Waals surface area contributed by atoms with Crippen LogP contribution in [0.2, 0.25) is 0 Å². The first-order valence-corrected chi connectivity index (χ1v) is 12.4. The number of fused-ring (bicyclic) bond motifs is 1. The molecule has 1 aromatic heterocycles. The van der Waals surface area contributed by atoms with Crippen LogP contribution in [0.1, 0.15) is 35.2 Å². The number of carbonyl (C=O) groups excluding carboxylic acids is 1. The summed E-state index contributed by atoms with van der Waals surface area (Å²) in [6.45, 7) is 3.43. The fourth-order valence-corrected chi connectivity index (χ4v) is 4.62. The maximum atomic E-state index is 12.9. The number of aromatic nitrogens is 3. The zero-order chi connectivity index (χ0) is 25.9. The third-order valence-corrected chi connectivity index (χ3v) is 6.52. The number of anilines is 2. The van der Waals surface area contributed by atoms with Gasteiger partial charge in [-0.3, -0.25) is 20.2 Å². The quantitative estimate of drug-likeness (QED) is 0.222. The van der Waals surface area contributed by atoms with E-state index < -0.39 is 10.8 Å². The highest BCUT2D eigenvalue weighted by molar-refractivity contribution is 7.80. The summed E-state index contributed by atoms with van der Waals surface area (Å²) < 4.78 is 0. The molecule has 0 spiro atoms. The summed E-state index contributed by atoms with van der Waals surface area (Å²) in [7, 11) is 0. The Morgan fingerprint density at radius 3 is 2.41 bits per heavy atom. The Labute approximate surface area is 218 Å². The molecule has 3 aromatic carbocycles. The molecular weight excluding hydrogens is 490 g/mol. The van der Waals surface area contributed by atoms with Crippen LogP contribution >= 0.6 is 12.2 Å². The highest BCUT2D eigenvalue weighted by Crippen LogP contribution is 2.31. The van der Waals surface area contributed by atoms with Crippen LogP contribution in [0, 0.1) is 17.0 Å². The molecule has 188 valence electrons. The second-order valence-electron chi connectivity index (χ2n) is 8.90. The van der Waals surface area contributed by atoms with Gasteiger partial charge in [0.1, 0.15) is 16.7 Å². The molecule has 37 heavy (non-hydrogen) atoms. The Bertz CT molecular complexity index is 1500. The van der Waals surface area contributed by atoms with Crippen molar-refractivity contribution < 1.29 is 9.72 Å². The number of thiocarbonyl (C=S) groups is 1.